The Labute approximate surface area is 200 Å². The lowest BCUT2D eigenvalue weighted by Crippen LogP contribution is -2.18. The Morgan fingerprint density at radius 1 is 1.09 bits per heavy atom. The number of nitrogens with one attached hydrogen (secondary N) is 2. The average molecular weight is 461 g/mol. The van der Waals surface area contributed by atoms with Crippen molar-refractivity contribution >= 4 is 41.8 Å². The fourth-order valence-corrected chi connectivity index (χ4v) is 3.81. The van der Waals surface area contributed by atoms with Crippen LogP contribution in [0.1, 0.15) is 34.3 Å². The predicted octanol–water partition coefficient (Wildman–Crippen LogP) is 4.27. The summed E-state index contributed by atoms with van der Waals surface area (Å²) in [5, 5.41) is 6.93. The summed E-state index contributed by atoms with van der Waals surface area (Å²) in [6.45, 7) is 4.77. The van der Waals surface area contributed by atoms with Gasteiger partial charge in [0.25, 0.3) is 5.91 Å². The molecule has 33 heavy (non-hydrogen) atoms. The Kier molecular flexibility index (Phi) is 7.50. The molecule has 4 rings (SSSR count). The van der Waals surface area contributed by atoms with E-state index in [-0.39, 0.29) is 25.3 Å². The number of nitrogens with zero attached hydrogens (tertiary/aromatic N) is 3. The summed E-state index contributed by atoms with van der Waals surface area (Å²) in [5.74, 6) is 0.735. The van der Waals surface area contributed by atoms with Crippen LogP contribution in [0.3, 0.4) is 0 Å². The summed E-state index contributed by atoms with van der Waals surface area (Å²) in [6.07, 6.45) is 3.22. The van der Waals surface area contributed by atoms with E-state index < -0.39 is 0 Å². The van der Waals surface area contributed by atoms with E-state index in [0.717, 1.165) is 39.1 Å². The monoisotopic (exact) mass is 460 g/mol. The van der Waals surface area contributed by atoms with Crippen molar-refractivity contribution in [2.45, 2.75) is 19.8 Å². The predicted molar refractivity (Wildman–Crippen MR) is 139 cm³/mol. The molecule has 8 heteroatoms. The van der Waals surface area contributed by atoms with Gasteiger partial charge in [-0.15, -0.1) is 0 Å². The third-order valence-corrected chi connectivity index (χ3v) is 5.54. The van der Waals surface area contributed by atoms with Gasteiger partial charge in [-0.1, -0.05) is 37.3 Å². The first-order valence-corrected chi connectivity index (χ1v) is 10.5. The van der Waals surface area contributed by atoms with Gasteiger partial charge in [0, 0.05) is 48.4 Å². The lowest BCUT2D eigenvalue weighted by Gasteiger charge is -2.16. The number of pyridine rings is 1. The van der Waals surface area contributed by atoms with E-state index in [4.69, 9.17) is 5.73 Å². The molecule has 4 N–H and O–H groups in total. The van der Waals surface area contributed by atoms with E-state index in [1.165, 1.54) is 6.33 Å². The molecule has 2 aromatic carbocycles. The van der Waals surface area contributed by atoms with Gasteiger partial charge in [0.05, 0.1) is 16.8 Å². The van der Waals surface area contributed by atoms with E-state index >= 15 is 0 Å². The molecule has 1 atom stereocenters. The van der Waals surface area contributed by atoms with Crippen LogP contribution in [0.2, 0.25) is 0 Å². The molecule has 4 aromatic rings. The van der Waals surface area contributed by atoms with Gasteiger partial charge in [-0.05, 0) is 30.2 Å². The normalized spacial score (nSPS) is 11.5. The van der Waals surface area contributed by atoms with Crippen molar-refractivity contribution in [3.8, 4) is 11.3 Å². The first kappa shape index (κ1) is 24.0. The SMILES string of the molecule is CNC(=O)c1ccnc2c([C@H](C)CNc3cc(-c4ccc(C)cc4N)ncn3)cccc12.S. The number of anilines is 2. The molecule has 1 amide bonds. The Balaban J connectivity index is 0.00000306. The maximum absolute atomic E-state index is 12.2. The number of rotatable bonds is 6. The van der Waals surface area contributed by atoms with Crippen molar-refractivity contribution in [3.63, 3.8) is 0 Å². The third-order valence-electron chi connectivity index (χ3n) is 5.54. The van der Waals surface area contributed by atoms with Gasteiger partial charge in [0.15, 0.2) is 0 Å². The van der Waals surface area contributed by atoms with Gasteiger partial charge in [-0.3, -0.25) is 9.78 Å². The van der Waals surface area contributed by atoms with E-state index in [1.54, 1.807) is 19.3 Å². The number of nitrogens with two attached hydrogens (primary N) is 1. The zero-order chi connectivity index (χ0) is 22.7. The molecule has 0 aliphatic heterocycles. The lowest BCUT2D eigenvalue weighted by molar-refractivity contribution is 0.0964. The van der Waals surface area contributed by atoms with Gasteiger partial charge < -0.3 is 16.4 Å². The summed E-state index contributed by atoms with van der Waals surface area (Å²) in [5.41, 5.74) is 12.2. The van der Waals surface area contributed by atoms with Crippen molar-refractivity contribution in [2.75, 3.05) is 24.6 Å². The molecular formula is C25H28N6OS. The molecular weight excluding hydrogens is 432 g/mol. The van der Waals surface area contributed by atoms with Crippen LogP contribution >= 0.6 is 13.5 Å². The number of fused-ring (bicyclic) bond motifs is 1. The number of para-hydroxylation sites is 1. The van der Waals surface area contributed by atoms with Gasteiger partial charge in [-0.2, -0.15) is 13.5 Å². The van der Waals surface area contributed by atoms with Crippen molar-refractivity contribution in [3.05, 3.63) is 77.7 Å². The molecule has 0 saturated carbocycles. The smallest absolute Gasteiger partial charge is 0.251 e. The Morgan fingerprint density at radius 2 is 1.91 bits per heavy atom. The van der Waals surface area contributed by atoms with E-state index in [1.807, 2.05) is 49.4 Å². The minimum absolute atomic E-state index is 0. The van der Waals surface area contributed by atoms with Gasteiger partial charge in [-0.25, -0.2) is 9.97 Å². The Bertz CT molecular complexity index is 1290. The zero-order valence-corrected chi connectivity index (χ0v) is 19.9. The van der Waals surface area contributed by atoms with E-state index in [2.05, 4.69) is 32.5 Å². The first-order chi connectivity index (χ1) is 15.5. The molecule has 0 saturated heterocycles. The second kappa shape index (κ2) is 10.3. The minimum atomic E-state index is -0.121. The zero-order valence-electron chi connectivity index (χ0n) is 18.9. The molecule has 0 bridgehead atoms. The number of aromatic nitrogens is 3. The number of hydrogen-bond acceptors (Lipinski definition) is 6. The van der Waals surface area contributed by atoms with E-state index in [9.17, 15) is 4.79 Å². The van der Waals surface area contributed by atoms with Crippen LogP contribution < -0.4 is 16.4 Å². The molecule has 0 spiro atoms. The van der Waals surface area contributed by atoms with Crippen molar-refractivity contribution in [2.24, 2.45) is 0 Å². The highest BCUT2D eigenvalue weighted by molar-refractivity contribution is 7.59. The quantitative estimate of drug-likeness (QED) is 0.371. The van der Waals surface area contributed by atoms with Crippen LogP contribution in [-0.4, -0.2) is 34.5 Å². The topological polar surface area (TPSA) is 106 Å². The van der Waals surface area contributed by atoms with E-state index in [0.29, 0.717) is 17.8 Å². The van der Waals surface area contributed by atoms with Crippen molar-refractivity contribution in [1.82, 2.24) is 20.3 Å². The third kappa shape index (κ3) is 5.06. The molecule has 0 aliphatic rings. The number of benzene rings is 2. The van der Waals surface area contributed by atoms with Crippen LogP contribution in [0, 0.1) is 6.92 Å². The molecule has 0 aliphatic carbocycles. The highest BCUT2D eigenvalue weighted by Crippen LogP contribution is 2.28. The summed E-state index contributed by atoms with van der Waals surface area (Å²) in [4.78, 5) is 25.5. The molecule has 2 heterocycles. The average Bonchev–Trinajstić information content (AvgIpc) is 2.81. The molecule has 7 nitrogen and oxygen atoms in total. The van der Waals surface area contributed by atoms with Crippen LogP contribution in [0.15, 0.2) is 61.1 Å². The standard InChI is InChI=1S/C25H26N6O.H2S/c1-15-7-8-20(21(26)11-15)22-12-23(31-14-30-22)29-13-16(2)17-5-4-6-18-19(25(32)27-3)9-10-28-24(17)18;/h4-12,14,16H,13,26H2,1-3H3,(H,27,32)(H,29,30,31);1H2/t16-;/m1./s1. The summed E-state index contributed by atoms with van der Waals surface area (Å²) in [6, 6.07) is 15.5. The van der Waals surface area contributed by atoms with Crippen molar-refractivity contribution < 1.29 is 4.79 Å². The summed E-state index contributed by atoms with van der Waals surface area (Å²) >= 11 is 0. The number of aryl methyl sites for hydroxylation is 1. The first-order valence-electron chi connectivity index (χ1n) is 10.5. The number of amides is 1. The highest BCUT2D eigenvalue weighted by Gasteiger charge is 2.15. The second-order valence-corrected chi connectivity index (χ2v) is 7.84. The number of carbonyl (C=O) groups is 1. The van der Waals surface area contributed by atoms with Gasteiger partial charge in [0.1, 0.15) is 12.1 Å². The lowest BCUT2D eigenvalue weighted by atomic mass is 9.96. The molecule has 0 radical (unpaired) electrons. The maximum atomic E-state index is 12.2. The van der Waals surface area contributed by atoms with Crippen LogP contribution in [0.4, 0.5) is 11.5 Å². The fraction of sp³-hybridized carbons (Fsp3) is 0.200. The number of carbonyl (C=O) groups excluding carboxylic acids is 1. The highest BCUT2D eigenvalue weighted by atomic mass is 32.1. The summed E-state index contributed by atoms with van der Waals surface area (Å²) in [7, 11) is 1.63. The Morgan fingerprint density at radius 3 is 2.67 bits per heavy atom. The fourth-order valence-electron chi connectivity index (χ4n) is 3.81. The molecule has 2 aromatic heterocycles. The second-order valence-electron chi connectivity index (χ2n) is 7.84. The van der Waals surface area contributed by atoms with Crippen LogP contribution in [0.25, 0.3) is 22.2 Å². The summed E-state index contributed by atoms with van der Waals surface area (Å²) < 4.78 is 0. The molecule has 170 valence electrons. The largest absolute Gasteiger partial charge is 0.398 e. The van der Waals surface area contributed by atoms with Gasteiger partial charge >= 0.3 is 0 Å². The minimum Gasteiger partial charge on any atom is -0.398 e. The van der Waals surface area contributed by atoms with Crippen LogP contribution in [-0.2, 0) is 0 Å². The van der Waals surface area contributed by atoms with Gasteiger partial charge in [0.2, 0.25) is 0 Å². The molecule has 0 fully saturated rings. The Hall–Kier alpha value is -3.65. The maximum Gasteiger partial charge on any atom is 0.251 e. The van der Waals surface area contributed by atoms with Crippen molar-refractivity contribution in [1.29, 1.82) is 0 Å². The molecule has 0 unspecified atom stereocenters. The number of hydrogen-bond donors (Lipinski definition) is 3. The van der Waals surface area contributed by atoms with Crippen LogP contribution in [0.5, 0.6) is 0 Å². The number of nitrogen functional groups attached to an aromatic ring is 1.